The molecule has 1 spiro atoms. The average molecular weight is 242 g/mol. The van der Waals surface area contributed by atoms with Crippen LogP contribution in [0.25, 0.3) is 5.32 Å². The molecule has 0 bridgehead atoms. The number of piperidine rings is 1. The quantitative estimate of drug-likeness (QED) is 0.373. The fourth-order valence-electron chi connectivity index (χ4n) is 2.17. The van der Waals surface area contributed by atoms with Crippen LogP contribution in [0.5, 0.6) is 0 Å². The summed E-state index contributed by atoms with van der Waals surface area (Å²) in [5, 5.41) is 4.33. The smallest absolute Gasteiger partial charge is 0.661 e. The molecule has 0 aromatic carbocycles. The van der Waals surface area contributed by atoms with Crippen molar-refractivity contribution in [1.82, 2.24) is 4.90 Å². The second-order valence-corrected chi connectivity index (χ2v) is 4.13. The predicted molar refractivity (Wildman–Crippen MR) is 46.2 cm³/mol. The van der Waals surface area contributed by atoms with Gasteiger partial charge in [0, 0.05) is 18.6 Å². The van der Waals surface area contributed by atoms with Gasteiger partial charge in [-0.2, -0.15) is 0 Å². The molecule has 13 heavy (non-hydrogen) atoms. The number of rotatable bonds is 0. The summed E-state index contributed by atoms with van der Waals surface area (Å²) in [5.41, 5.74) is 0.591. The molecule has 2 aliphatic heterocycles. The van der Waals surface area contributed by atoms with Crippen molar-refractivity contribution in [3.63, 3.8) is 0 Å². The Labute approximate surface area is 136 Å². The molecule has 0 aromatic rings. The van der Waals surface area contributed by atoms with Gasteiger partial charge in [0.15, 0.2) is 0 Å². The summed E-state index contributed by atoms with van der Waals surface area (Å²) in [6.45, 7) is 6.89. The van der Waals surface area contributed by atoms with E-state index in [4.69, 9.17) is 0 Å². The zero-order chi connectivity index (χ0) is 7.90. The van der Waals surface area contributed by atoms with Crippen LogP contribution in [-0.2, 0) is 18.6 Å². The molecule has 0 amide bonds. The molecule has 4 heteroatoms. The predicted octanol–water partition coefficient (Wildman–Crippen LogP) is -1.51. The van der Waals surface area contributed by atoms with Crippen molar-refractivity contribution in [3.05, 3.63) is 12.4 Å². The van der Waals surface area contributed by atoms with Crippen molar-refractivity contribution in [2.75, 3.05) is 26.2 Å². The minimum atomic E-state index is 0. The first-order valence-electron chi connectivity index (χ1n) is 4.42. The molecule has 2 saturated heterocycles. The fraction of sp³-hybridized carbons (Fsp3) is 0.889. The van der Waals surface area contributed by atoms with Gasteiger partial charge in [-0.05, 0) is 25.4 Å². The minimum absolute atomic E-state index is 0. The summed E-state index contributed by atoms with van der Waals surface area (Å²) in [5.74, 6) is 0.797. The topological polar surface area (TPSA) is 17.3 Å². The van der Waals surface area contributed by atoms with Gasteiger partial charge in [0.1, 0.15) is 0 Å². The molecule has 1 unspecified atom stereocenters. The van der Waals surface area contributed by atoms with Gasteiger partial charge in [-0.25, -0.2) is 0 Å². The van der Waals surface area contributed by atoms with Gasteiger partial charge in [-0.3, -0.25) is 7.05 Å². The molecule has 1 radical (unpaired) electrons. The zero-order valence-corrected chi connectivity index (χ0v) is 13.2. The Kier molecular flexibility index (Phi) is 7.01. The molecule has 2 aliphatic rings. The Morgan fingerprint density at radius 1 is 1.46 bits per heavy atom. The second kappa shape index (κ2) is 6.02. The van der Waals surface area contributed by atoms with Gasteiger partial charge in [0.2, 0.25) is 0 Å². The molecular weight excluding hydrogens is 226 g/mol. The number of hydrogen-bond donors (Lipinski definition) is 0. The zero-order valence-electron chi connectivity index (χ0n) is 8.66. The van der Waals surface area contributed by atoms with Crippen molar-refractivity contribution >= 4 is 0 Å². The summed E-state index contributed by atoms with van der Waals surface area (Å²) >= 11 is 0. The Hall–Kier alpha value is 2.14. The summed E-state index contributed by atoms with van der Waals surface area (Å²) in [7, 11) is 3.97. The van der Waals surface area contributed by atoms with Crippen molar-refractivity contribution in [3.8, 4) is 0 Å². The molecule has 2 heterocycles. The molecular formula is C9H16KN2V-. The van der Waals surface area contributed by atoms with Crippen LogP contribution >= 0.6 is 0 Å². The maximum absolute atomic E-state index is 4.33. The molecule has 2 nitrogen and oxygen atoms in total. The van der Waals surface area contributed by atoms with Gasteiger partial charge in [-0.1, -0.05) is 12.3 Å². The van der Waals surface area contributed by atoms with Crippen LogP contribution in [-0.4, -0.2) is 31.1 Å². The number of likely N-dealkylation sites (tertiary alicyclic amines) is 1. The van der Waals surface area contributed by atoms with Crippen LogP contribution in [0.2, 0.25) is 0 Å². The van der Waals surface area contributed by atoms with E-state index < -0.39 is 0 Å². The standard InChI is InChI=1S/C9H16N2.K.V/c1-8-5-11(2)4-3-9(8)6-10-7-9;;/h8H,2-7H2,1H3;;/q-2;+1;. The Morgan fingerprint density at radius 3 is 2.46 bits per heavy atom. The van der Waals surface area contributed by atoms with E-state index in [0.717, 1.165) is 25.6 Å². The van der Waals surface area contributed by atoms with E-state index >= 15 is 0 Å². The van der Waals surface area contributed by atoms with Crippen LogP contribution < -0.4 is 51.4 Å². The first-order chi connectivity index (χ1) is 5.23. The van der Waals surface area contributed by atoms with E-state index in [0.29, 0.717) is 5.41 Å². The van der Waals surface area contributed by atoms with Gasteiger partial charge in [0.25, 0.3) is 0 Å². The Morgan fingerprint density at radius 2 is 2.08 bits per heavy atom. The summed E-state index contributed by atoms with van der Waals surface area (Å²) in [4.78, 5) is 2.19. The third kappa shape index (κ3) is 3.05. The van der Waals surface area contributed by atoms with Gasteiger partial charge in [-0.15, -0.1) is 13.1 Å². The van der Waals surface area contributed by atoms with E-state index in [1.165, 1.54) is 13.0 Å². The van der Waals surface area contributed by atoms with Crippen molar-refractivity contribution < 1.29 is 69.9 Å². The van der Waals surface area contributed by atoms with Crippen LogP contribution in [0.4, 0.5) is 0 Å². The van der Waals surface area contributed by atoms with E-state index in [1.54, 1.807) is 0 Å². The first kappa shape index (κ1) is 15.1. The molecule has 2 fully saturated rings. The minimum Gasteiger partial charge on any atom is -0.661 e. The average Bonchev–Trinajstić information content (AvgIpc) is 1.84. The van der Waals surface area contributed by atoms with Crippen LogP contribution in [0, 0.1) is 18.4 Å². The third-order valence-corrected chi connectivity index (χ3v) is 3.36. The molecule has 0 saturated carbocycles. The monoisotopic (exact) mass is 242 g/mol. The van der Waals surface area contributed by atoms with E-state index in [-0.39, 0.29) is 69.9 Å². The Balaban J connectivity index is 0.000000720. The number of nitrogens with zero attached hydrogens (tertiary/aromatic N) is 2. The summed E-state index contributed by atoms with van der Waals surface area (Å²) in [6.07, 6.45) is 1.31. The van der Waals surface area contributed by atoms with Gasteiger partial charge in [0.05, 0.1) is 0 Å². The Bertz CT molecular complexity index is 162. The molecule has 1 atom stereocenters. The fourth-order valence-corrected chi connectivity index (χ4v) is 2.17. The van der Waals surface area contributed by atoms with E-state index in [9.17, 15) is 0 Å². The van der Waals surface area contributed by atoms with Crippen LogP contribution in [0.1, 0.15) is 13.3 Å². The third-order valence-electron chi connectivity index (χ3n) is 3.36. The maximum Gasteiger partial charge on any atom is 1.00 e. The molecule has 0 N–H and O–H groups in total. The SMILES string of the molecule is [CH2-]N1CCC2(C[N-]C2)C(C)C1.[K+].[V]. The number of hydrogen-bond acceptors (Lipinski definition) is 1. The van der Waals surface area contributed by atoms with E-state index in [1.807, 2.05) is 0 Å². The van der Waals surface area contributed by atoms with Crippen LogP contribution in [0.3, 0.4) is 0 Å². The largest absolute Gasteiger partial charge is 1.00 e. The van der Waals surface area contributed by atoms with Gasteiger partial charge >= 0.3 is 51.4 Å². The molecule has 0 aromatic heterocycles. The summed E-state index contributed by atoms with van der Waals surface area (Å²) < 4.78 is 0. The van der Waals surface area contributed by atoms with E-state index in [2.05, 4.69) is 24.2 Å². The first-order valence-corrected chi connectivity index (χ1v) is 4.42. The molecule has 69 valence electrons. The second-order valence-electron chi connectivity index (χ2n) is 4.13. The van der Waals surface area contributed by atoms with Crippen molar-refractivity contribution in [1.29, 1.82) is 0 Å². The molecule has 0 aliphatic carbocycles. The maximum atomic E-state index is 4.33. The van der Waals surface area contributed by atoms with Crippen molar-refractivity contribution in [2.45, 2.75) is 13.3 Å². The van der Waals surface area contributed by atoms with Crippen LogP contribution in [0.15, 0.2) is 0 Å². The van der Waals surface area contributed by atoms with Gasteiger partial charge < -0.3 is 10.2 Å². The van der Waals surface area contributed by atoms with Crippen molar-refractivity contribution in [2.24, 2.45) is 11.3 Å². The normalized spacial score (nSPS) is 31.4. The summed E-state index contributed by atoms with van der Waals surface area (Å²) in [6, 6.07) is 0. The molecule has 2 rings (SSSR count).